The Bertz CT molecular complexity index is 2130. The van der Waals surface area contributed by atoms with E-state index in [1.165, 1.54) is 48.5 Å². The van der Waals surface area contributed by atoms with Gasteiger partial charge in [0.15, 0.2) is 0 Å². The normalized spacial score (nSPS) is 17.5. The minimum Gasteiger partial charge on any atom is -0.407 e. The van der Waals surface area contributed by atoms with Crippen LogP contribution in [0.5, 0.6) is 0 Å². The lowest BCUT2D eigenvalue weighted by Crippen LogP contribution is -2.67. The summed E-state index contributed by atoms with van der Waals surface area (Å²) in [5.74, 6) is -0.732. The van der Waals surface area contributed by atoms with E-state index in [0.29, 0.717) is 42.3 Å². The SMILES string of the molecule is CC(C)(C)[Si](OCC1CCN(C(=O)c2c(F)cc(-c3ccc4c(c3)ncn4C3CCCCC3)c3nc[nH]c23)C1)(c1ccccc1)c1ccccc1. The third kappa shape index (κ3) is 6.00. The fraction of sp³-hybridized carbons (Fsp3) is 0.357. The molecule has 1 amide bonds. The van der Waals surface area contributed by atoms with Gasteiger partial charge in [-0.3, -0.25) is 4.79 Å². The van der Waals surface area contributed by atoms with E-state index in [1.54, 1.807) is 11.2 Å². The molecule has 6 aromatic rings. The first-order valence-electron chi connectivity index (χ1n) is 18.4. The molecule has 51 heavy (non-hydrogen) atoms. The number of aromatic nitrogens is 4. The fourth-order valence-electron chi connectivity index (χ4n) is 8.67. The number of likely N-dealkylation sites (tertiary alicyclic amines) is 1. The molecule has 2 fully saturated rings. The monoisotopic (exact) mass is 699 g/mol. The van der Waals surface area contributed by atoms with Gasteiger partial charge in [0.2, 0.25) is 0 Å². The molecular weight excluding hydrogens is 654 g/mol. The van der Waals surface area contributed by atoms with Gasteiger partial charge in [-0.1, -0.05) is 107 Å². The molecule has 1 saturated heterocycles. The first-order valence-corrected chi connectivity index (χ1v) is 20.3. The van der Waals surface area contributed by atoms with Crippen molar-refractivity contribution in [2.24, 2.45) is 5.92 Å². The third-order valence-corrected chi connectivity index (χ3v) is 16.3. The Balaban J connectivity index is 1.04. The van der Waals surface area contributed by atoms with Crippen LogP contribution in [0.2, 0.25) is 5.04 Å². The average Bonchev–Trinajstić information content (AvgIpc) is 3.92. The lowest BCUT2D eigenvalue weighted by atomic mass is 9.95. The van der Waals surface area contributed by atoms with E-state index in [0.717, 1.165) is 23.0 Å². The Morgan fingerprint density at radius 2 is 1.63 bits per heavy atom. The quantitative estimate of drug-likeness (QED) is 0.162. The molecule has 2 aromatic heterocycles. The first kappa shape index (κ1) is 33.5. The van der Waals surface area contributed by atoms with Crippen molar-refractivity contribution < 1.29 is 13.6 Å². The molecular formula is C42H46FN5O2Si. The Labute approximate surface area is 300 Å². The maximum absolute atomic E-state index is 16.2. The molecule has 2 aliphatic rings. The van der Waals surface area contributed by atoms with Gasteiger partial charge in [-0.05, 0) is 58.4 Å². The van der Waals surface area contributed by atoms with Crippen LogP contribution in [-0.4, -0.2) is 58.3 Å². The van der Waals surface area contributed by atoms with Crippen molar-refractivity contribution >= 4 is 46.7 Å². The summed E-state index contributed by atoms with van der Waals surface area (Å²) in [7, 11) is -2.71. The molecule has 1 aliphatic heterocycles. The van der Waals surface area contributed by atoms with Crippen molar-refractivity contribution in [3.63, 3.8) is 0 Å². The highest BCUT2D eigenvalue weighted by atomic mass is 28.4. The minimum atomic E-state index is -2.71. The van der Waals surface area contributed by atoms with Crippen molar-refractivity contribution in [2.75, 3.05) is 19.7 Å². The number of aromatic amines is 1. The number of hydrogen-bond acceptors (Lipinski definition) is 4. The number of hydrogen-bond donors (Lipinski definition) is 1. The van der Waals surface area contributed by atoms with Gasteiger partial charge in [0.05, 0.1) is 34.7 Å². The molecule has 1 unspecified atom stereocenters. The summed E-state index contributed by atoms with van der Waals surface area (Å²) in [5.41, 5.74) is 4.50. The molecule has 1 aliphatic carbocycles. The number of carbonyl (C=O) groups is 1. The van der Waals surface area contributed by atoms with Crippen LogP contribution in [0.4, 0.5) is 4.39 Å². The van der Waals surface area contributed by atoms with Crippen molar-refractivity contribution in [2.45, 2.75) is 70.4 Å². The third-order valence-electron chi connectivity index (χ3n) is 11.2. The van der Waals surface area contributed by atoms with Gasteiger partial charge in [-0.25, -0.2) is 14.4 Å². The molecule has 0 radical (unpaired) electrons. The maximum atomic E-state index is 16.2. The van der Waals surface area contributed by atoms with Crippen molar-refractivity contribution in [3.05, 3.63) is 109 Å². The van der Waals surface area contributed by atoms with Crippen molar-refractivity contribution in [1.29, 1.82) is 0 Å². The molecule has 1 saturated carbocycles. The Morgan fingerprint density at radius 1 is 0.922 bits per heavy atom. The van der Waals surface area contributed by atoms with E-state index in [-0.39, 0.29) is 22.4 Å². The highest BCUT2D eigenvalue weighted by Crippen LogP contribution is 2.39. The summed E-state index contributed by atoms with van der Waals surface area (Å²) >= 11 is 0. The summed E-state index contributed by atoms with van der Waals surface area (Å²) in [4.78, 5) is 28.3. The number of benzene rings is 4. The Morgan fingerprint density at radius 3 is 2.31 bits per heavy atom. The molecule has 1 atom stereocenters. The fourth-order valence-corrected chi connectivity index (χ4v) is 13.3. The number of rotatable bonds is 8. The zero-order chi connectivity index (χ0) is 35.2. The summed E-state index contributed by atoms with van der Waals surface area (Å²) in [6.07, 6.45) is 10.4. The van der Waals surface area contributed by atoms with Gasteiger partial charge < -0.3 is 18.9 Å². The summed E-state index contributed by atoms with van der Waals surface area (Å²) in [5, 5.41) is 2.33. The van der Waals surface area contributed by atoms with Crippen LogP contribution < -0.4 is 10.4 Å². The number of imidazole rings is 2. The van der Waals surface area contributed by atoms with Gasteiger partial charge in [-0.15, -0.1) is 0 Å². The van der Waals surface area contributed by atoms with Crippen LogP contribution in [0.1, 0.15) is 75.7 Å². The molecule has 9 heteroatoms. The van der Waals surface area contributed by atoms with E-state index in [2.05, 4.69) is 89.9 Å². The summed E-state index contributed by atoms with van der Waals surface area (Å²) in [6.45, 7) is 8.39. The number of carbonyl (C=O) groups excluding carboxylic acids is 1. The van der Waals surface area contributed by atoms with Gasteiger partial charge in [0.1, 0.15) is 11.4 Å². The van der Waals surface area contributed by atoms with Crippen molar-refractivity contribution in [3.8, 4) is 11.1 Å². The molecule has 7 nitrogen and oxygen atoms in total. The molecule has 8 rings (SSSR count). The molecule has 1 N–H and O–H groups in total. The number of fused-ring (bicyclic) bond motifs is 2. The maximum Gasteiger partial charge on any atom is 0.261 e. The van der Waals surface area contributed by atoms with Crippen LogP contribution in [0.3, 0.4) is 0 Å². The summed E-state index contributed by atoms with van der Waals surface area (Å²) < 4.78 is 25.7. The zero-order valence-electron chi connectivity index (χ0n) is 29.7. The number of nitrogens with one attached hydrogen (secondary N) is 1. The van der Waals surface area contributed by atoms with Gasteiger partial charge in [-0.2, -0.15) is 0 Å². The topological polar surface area (TPSA) is 76.0 Å². The number of H-pyrrole nitrogens is 1. The largest absolute Gasteiger partial charge is 0.407 e. The molecule has 262 valence electrons. The van der Waals surface area contributed by atoms with E-state index in [9.17, 15) is 4.79 Å². The standard InChI is InChI=1S/C42H46FN5O2Si/c1-42(2,3)51(32-15-9-5-10-16-32,33-17-11-6-12-18-33)50-26-29-21-22-47(25-29)41(49)38-35(43)24-34(39-40(38)45-27-44-39)30-19-20-37-36(23-30)46-28-48(37)31-13-7-4-8-14-31/h5-6,9-12,15-20,23-24,27-29,31H,4,7-8,13-14,21-22,25-26H2,1-3H3,(H,44,45). The van der Waals surface area contributed by atoms with Gasteiger partial charge in [0.25, 0.3) is 14.2 Å². The van der Waals surface area contributed by atoms with E-state index >= 15 is 4.39 Å². The predicted octanol–water partition coefficient (Wildman–Crippen LogP) is 8.26. The van der Waals surface area contributed by atoms with Crippen LogP contribution in [0.25, 0.3) is 33.2 Å². The highest BCUT2D eigenvalue weighted by molar-refractivity contribution is 6.99. The second-order valence-electron chi connectivity index (χ2n) is 15.4. The number of amides is 1. The van der Waals surface area contributed by atoms with Crippen LogP contribution in [-0.2, 0) is 4.43 Å². The first-order chi connectivity index (χ1) is 24.7. The van der Waals surface area contributed by atoms with Crippen LogP contribution in [0.15, 0.2) is 97.6 Å². The second-order valence-corrected chi connectivity index (χ2v) is 19.7. The molecule has 0 spiro atoms. The lowest BCUT2D eigenvalue weighted by molar-refractivity contribution is 0.0780. The zero-order valence-corrected chi connectivity index (χ0v) is 30.7. The van der Waals surface area contributed by atoms with Crippen LogP contribution >= 0.6 is 0 Å². The highest BCUT2D eigenvalue weighted by Gasteiger charge is 2.50. The number of nitrogens with zero attached hydrogens (tertiary/aromatic N) is 4. The predicted molar refractivity (Wildman–Crippen MR) is 204 cm³/mol. The molecule has 4 aromatic carbocycles. The Kier molecular flexibility index (Phi) is 8.88. The van der Waals surface area contributed by atoms with E-state index in [1.807, 2.05) is 30.6 Å². The number of halogens is 1. The average molecular weight is 700 g/mol. The smallest absolute Gasteiger partial charge is 0.261 e. The molecule has 3 heterocycles. The van der Waals surface area contributed by atoms with Crippen molar-refractivity contribution in [1.82, 2.24) is 24.4 Å². The van der Waals surface area contributed by atoms with Gasteiger partial charge in [0, 0.05) is 37.2 Å². The van der Waals surface area contributed by atoms with Gasteiger partial charge >= 0.3 is 0 Å². The Hall–Kier alpha value is -4.60. The lowest BCUT2D eigenvalue weighted by Gasteiger charge is -2.43. The minimum absolute atomic E-state index is 0.0439. The van der Waals surface area contributed by atoms with E-state index in [4.69, 9.17) is 9.41 Å². The second kappa shape index (κ2) is 13.5. The van der Waals surface area contributed by atoms with E-state index < -0.39 is 14.1 Å². The summed E-state index contributed by atoms with van der Waals surface area (Å²) in [6, 6.07) is 29.3. The van der Waals surface area contributed by atoms with Crippen LogP contribution in [0, 0.1) is 11.7 Å². The molecule has 0 bridgehead atoms.